The van der Waals surface area contributed by atoms with E-state index in [2.05, 4.69) is 10.6 Å². The molecule has 3 aliphatic heterocycles. The number of halogens is 3. The van der Waals surface area contributed by atoms with Gasteiger partial charge in [-0.2, -0.15) is 0 Å². The Morgan fingerprint density at radius 3 is 2.49 bits per heavy atom. The van der Waals surface area contributed by atoms with E-state index in [1.165, 1.54) is 24.3 Å². The predicted octanol–water partition coefficient (Wildman–Crippen LogP) is 4.23. The van der Waals surface area contributed by atoms with E-state index in [0.29, 0.717) is 45.2 Å². The molecule has 0 bridgehead atoms. The Labute approximate surface area is 269 Å². The fourth-order valence-electron chi connectivity index (χ4n) is 5.55. The molecule has 3 aromatic carbocycles. The summed E-state index contributed by atoms with van der Waals surface area (Å²) in [6, 6.07) is 13.2. The van der Waals surface area contributed by atoms with Gasteiger partial charge in [0.2, 0.25) is 0 Å². The van der Waals surface area contributed by atoms with Gasteiger partial charge < -0.3 is 39.8 Å². The molecule has 0 spiro atoms. The fraction of sp³-hybridized carbons (Fsp3) is 0.312. The maximum Gasteiger partial charge on any atom is 0.262 e. The number of aliphatic hydroxyl groups excluding tert-OH is 1. The van der Waals surface area contributed by atoms with Gasteiger partial charge in [0, 0.05) is 49.1 Å². The maximum absolute atomic E-state index is 15.5. The summed E-state index contributed by atoms with van der Waals surface area (Å²) in [7, 11) is 4.77. The number of nitrogens with one attached hydrogen (secondary N) is 2. The van der Waals surface area contributed by atoms with E-state index in [0.717, 1.165) is 0 Å². The summed E-state index contributed by atoms with van der Waals surface area (Å²) < 4.78 is 31.7. The first-order valence-corrected chi connectivity index (χ1v) is 15.0. The highest BCUT2D eigenvalue weighted by molar-refractivity contribution is 6.40. The number of amides is 2. The molecule has 2 amide bonds. The van der Waals surface area contributed by atoms with Crippen molar-refractivity contribution < 1.29 is 33.3 Å². The minimum absolute atomic E-state index is 0.0559. The first-order chi connectivity index (χ1) is 21.6. The van der Waals surface area contributed by atoms with Crippen molar-refractivity contribution in [3.63, 3.8) is 0 Å². The average Bonchev–Trinajstić information content (AvgIpc) is 3.74. The van der Waals surface area contributed by atoms with E-state index in [9.17, 15) is 14.7 Å². The molecule has 10 nitrogen and oxygen atoms in total. The topological polar surface area (TPSA) is 116 Å². The minimum Gasteiger partial charge on any atom is -0.496 e. The van der Waals surface area contributed by atoms with E-state index in [1.54, 1.807) is 61.5 Å². The zero-order valence-electron chi connectivity index (χ0n) is 24.6. The number of epoxide rings is 1. The summed E-state index contributed by atoms with van der Waals surface area (Å²) in [5.41, 5.74) is 2.64. The maximum atomic E-state index is 15.5. The quantitative estimate of drug-likeness (QED) is 0.244. The standard InChI is InChI=1S/C32H31Cl2FN4O6/c1-38-13-21(30(42)39(2)32-31(38)45-32)29(41)37-23-9-5-8-19(28(23)34)18-7-4-6-17(27(18)33)16-10-22(35)20(26(11-16)43-3)12-36-24-14-44-15-25(24)40/h4-11,13,24-25,31-32,36,40H,12,14-15H2,1-3H3,(H,37,41)/t24-,25+,31?,32?/m1/s1. The van der Waals surface area contributed by atoms with Crippen molar-refractivity contribution >= 4 is 40.7 Å². The van der Waals surface area contributed by atoms with Gasteiger partial charge in [0.25, 0.3) is 11.8 Å². The van der Waals surface area contributed by atoms with Crippen molar-refractivity contribution in [2.75, 3.05) is 39.7 Å². The smallest absolute Gasteiger partial charge is 0.262 e. The molecule has 0 aromatic heterocycles. The van der Waals surface area contributed by atoms with Crippen LogP contribution in [0.1, 0.15) is 5.56 Å². The summed E-state index contributed by atoms with van der Waals surface area (Å²) in [4.78, 5) is 29.3. The molecule has 3 aliphatic rings. The lowest BCUT2D eigenvalue weighted by Crippen LogP contribution is -2.38. The molecular formula is C32H31Cl2FN4O6. The fourth-order valence-corrected chi connectivity index (χ4v) is 6.16. The molecule has 0 radical (unpaired) electrons. The molecule has 3 aromatic rings. The Balaban J connectivity index is 1.27. The Morgan fingerprint density at radius 2 is 1.78 bits per heavy atom. The number of carbonyl (C=O) groups excluding carboxylic acids is 2. The molecule has 236 valence electrons. The van der Waals surface area contributed by atoms with E-state index >= 15 is 4.39 Å². The molecule has 4 atom stereocenters. The molecule has 6 rings (SSSR count). The number of methoxy groups -OCH3 is 1. The van der Waals surface area contributed by atoms with Gasteiger partial charge in [0.1, 0.15) is 17.1 Å². The number of nitrogens with zero attached hydrogens (tertiary/aromatic N) is 2. The Hall–Kier alpha value is -3.71. The van der Waals surface area contributed by atoms with Crippen LogP contribution >= 0.6 is 23.2 Å². The summed E-state index contributed by atoms with van der Waals surface area (Å²) >= 11 is 13.7. The van der Waals surface area contributed by atoms with Gasteiger partial charge in [-0.05, 0) is 23.8 Å². The van der Waals surface area contributed by atoms with E-state index < -0.39 is 30.0 Å². The summed E-state index contributed by atoms with van der Waals surface area (Å²) in [6.07, 6.45) is 0.0881. The van der Waals surface area contributed by atoms with Crippen LogP contribution in [-0.4, -0.2) is 85.7 Å². The van der Waals surface area contributed by atoms with Crippen LogP contribution in [0.4, 0.5) is 10.1 Å². The highest BCUT2D eigenvalue weighted by atomic mass is 35.5. The third kappa shape index (κ3) is 5.99. The zero-order chi connectivity index (χ0) is 32.0. The largest absolute Gasteiger partial charge is 0.496 e. The van der Waals surface area contributed by atoms with Crippen LogP contribution in [0, 0.1) is 5.82 Å². The monoisotopic (exact) mass is 656 g/mol. The van der Waals surface area contributed by atoms with Crippen molar-refractivity contribution in [1.29, 1.82) is 0 Å². The number of likely N-dealkylation sites (N-methyl/N-ethyl adjacent to an activating group) is 2. The molecule has 2 unspecified atom stereocenters. The summed E-state index contributed by atoms with van der Waals surface area (Å²) in [6.45, 7) is 0.695. The molecule has 0 aliphatic carbocycles. The van der Waals surface area contributed by atoms with Crippen molar-refractivity contribution in [3.8, 4) is 28.0 Å². The van der Waals surface area contributed by atoms with Crippen LogP contribution in [0.2, 0.25) is 10.0 Å². The Morgan fingerprint density at radius 1 is 1.07 bits per heavy atom. The first kappa shape index (κ1) is 31.3. The Kier molecular flexibility index (Phi) is 8.75. The number of benzene rings is 3. The second-order valence-electron chi connectivity index (χ2n) is 11.1. The van der Waals surface area contributed by atoms with Crippen molar-refractivity contribution in [2.24, 2.45) is 0 Å². The van der Waals surface area contributed by atoms with Gasteiger partial charge in [-0.1, -0.05) is 53.5 Å². The predicted molar refractivity (Wildman–Crippen MR) is 167 cm³/mol. The van der Waals surface area contributed by atoms with E-state index in [1.807, 2.05) is 0 Å². The number of aliphatic hydroxyl groups is 1. The highest BCUT2D eigenvalue weighted by Gasteiger charge is 2.50. The number of fused-ring (bicyclic) bond motifs is 1. The zero-order valence-corrected chi connectivity index (χ0v) is 26.2. The van der Waals surface area contributed by atoms with Crippen molar-refractivity contribution in [2.45, 2.75) is 31.1 Å². The SMILES string of the molecule is COc1cc(-c2cccc(-c3cccc(NC(=O)C4=CN(C)C5OC5N(C)C4=O)c3Cl)c2Cl)cc(F)c1CN[C@@H]1COC[C@@H]1O. The number of carbonyl (C=O) groups is 2. The van der Waals surface area contributed by atoms with Crippen molar-refractivity contribution in [1.82, 2.24) is 15.1 Å². The van der Waals surface area contributed by atoms with E-state index in [4.69, 9.17) is 37.4 Å². The highest BCUT2D eigenvalue weighted by Crippen LogP contribution is 2.43. The van der Waals surface area contributed by atoms with Gasteiger partial charge in [-0.15, -0.1) is 0 Å². The van der Waals surface area contributed by atoms with Gasteiger partial charge in [-0.25, -0.2) is 4.39 Å². The lowest BCUT2D eigenvalue weighted by Gasteiger charge is -2.18. The van der Waals surface area contributed by atoms with Crippen LogP contribution < -0.4 is 15.4 Å². The molecule has 0 saturated carbocycles. The lowest BCUT2D eigenvalue weighted by atomic mass is 9.97. The molecule has 2 saturated heterocycles. The molecule has 2 fully saturated rings. The number of hydrogen-bond donors (Lipinski definition) is 3. The van der Waals surface area contributed by atoms with Crippen LogP contribution in [-0.2, 0) is 25.6 Å². The average molecular weight is 658 g/mol. The molecule has 3 heterocycles. The van der Waals surface area contributed by atoms with E-state index in [-0.39, 0.29) is 41.7 Å². The molecule has 3 N–H and O–H groups in total. The number of rotatable bonds is 8. The second-order valence-corrected chi connectivity index (χ2v) is 11.8. The number of ether oxygens (including phenoxy) is 3. The third-order valence-corrected chi connectivity index (χ3v) is 8.98. The summed E-state index contributed by atoms with van der Waals surface area (Å²) in [5, 5.41) is 16.4. The minimum atomic E-state index is -0.668. The van der Waals surface area contributed by atoms with Gasteiger partial charge >= 0.3 is 0 Å². The molecule has 45 heavy (non-hydrogen) atoms. The van der Waals surface area contributed by atoms with Gasteiger partial charge in [0.05, 0.1) is 48.2 Å². The first-order valence-electron chi connectivity index (χ1n) is 14.2. The second kappa shape index (κ2) is 12.6. The van der Waals surface area contributed by atoms with Crippen LogP contribution in [0.5, 0.6) is 5.75 Å². The number of hydrogen-bond acceptors (Lipinski definition) is 8. The lowest BCUT2D eigenvalue weighted by molar-refractivity contribution is -0.129. The van der Waals surface area contributed by atoms with Crippen LogP contribution in [0.3, 0.4) is 0 Å². The Bertz CT molecular complexity index is 1700. The molecular weight excluding hydrogens is 626 g/mol. The third-order valence-electron chi connectivity index (χ3n) is 8.17. The van der Waals surface area contributed by atoms with Crippen LogP contribution in [0.25, 0.3) is 22.3 Å². The van der Waals surface area contributed by atoms with Crippen LogP contribution in [0.15, 0.2) is 60.3 Å². The van der Waals surface area contributed by atoms with Crippen molar-refractivity contribution in [3.05, 3.63) is 81.7 Å². The van der Waals surface area contributed by atoms with Gasteiger partial charge in [-0.3, -0.25) is 9.59 Å². The number of anilines is 1. The normalized spacial score (nSPS) is 22.6. The molecule has 13 heteroatoms. The van der Waals surface area contributed by atoms with Gasteiger partial charge in [0.15, 0.2) is 12.5 Å². The summed E-state index contributed by atoms with van der Waals surface area (Å²) in [5.74, 6) is -1.28.